The van der Waals surface area contributed by atoms with E-state index in [1.807, 2.05) is 0 Å². The first kappa shape index (κ1) is 20.5. The Balaban J connectivity index is -0.000000180. The van der Waals surface area contributed by atoms with Crippen molar-refractivity contribution in [3.05, 3.63) is 0 Å². The van der Waals surface area contributed by atoms with Gasteiger partial charge in [0.15, 0.2) is 0 Å². The van der Waals surface area contributed by atoms with E-state index in [1.54, 1.807) is 0 Å². The first-order valence-electron chi connectivity index (χ1n) is 4.01. The molecule has 0 amide bonds. The molecule has 0 aliphatic rings. The van der Waals surface area contributed by atoms with Crippen LogP contribution < -0.4 is 10.2 Å². The number of carboxylic acid groups (broad SMARTS) is 2. The summed E-state index contributed by atoms with van der Waals surface area (Å²) in [5.41, 5.74) is 0. The predicted molar refractivity (Wildman–Crippen MR) is 48.4 cm³/mol. The van der Waals surface area contributed by atoms with Gasteiger partial charge < -0.3 is 30.0 Å². The van der Waals surface area contributed by atoms with Crippen molar-refractivity contribution in [3.63, 3.8) is 0 Å². The summed E-state index contributed by atoms with van der Waals surface area (Å²) in [5, 5.41) is 35.7. The van der Waals surface area contributed by atoms with Gasteiger partial charge in [0.2, 0.25) is 0 Å². The van der Waals surface area contributed by atoms with Gasteiger partial charge >= 0.3 is 37.7 Å². The molecule has 0 aromatic heterocycles. The summed E-state index contributed by atoms with van der Waals surface area (Å²) in [6, 6.07) is 0. The zero-order chi connectivity index (χ0) is 11.7. The summed E-state index contributed by atoms with van der Waals surface area (Å²) in [6.45, 7) is 2.80. The maximum Gasteiger partial charge on any atom is 2.00 e. The van der Waals surface area contributed by atoms with Crippen LogP contribution in [0.2, 0.25) is 0 Å². The zero-order valence-electron chi connectivity index (χ0n) is 8.80. The quantitative estimate of drug-likeness (QED) is 0.500. The van der Waals surface area contributed by atoms with Gasteiger partial charge in [-0.1, -0.05) is 0 Å². The summed E-state index contributed by atoms with van der Waals surface area (Å²) >= 11 is 0. The molecule has 2 atom stereocenters. The minimum Gasteiger partial charge on any atom is -0.550 e. The van der Waals surface area contributed by atoms with Crippen molar-refractivity contribution in [1.29, 1.82) is 0 Å². The molecule has 0 heterocycles. The molecule has 0 aliphatic carbocycles. The fourth-order valence-electron chi connectivity index (χ4n) is 0.482. The molecule has 84 valence electrons. The van der Waals surface area contributed by atoms with E-state index in [0.29, 0.717) is 0 Å². The molecular weight excluding hydrogens is 232 g/mol. The Morgan fingerprint density at radius 3 is 1.20 bits per heavy atom. The van der Waals surface area contributed by atoms with Gasteiger partial charge in [-0.3, -0.25) is 0 Å². The van der Waals surface area contributed by atoms with Gasteiger partial charge in [0.25, 0.3) is 0 Å². The first-order valence-corrected chi connectivity index (χ1v) is 4.01. The summed E-state index contributed by atoms with van der Waals surface area (Å²) in [7, 11) is 0. The monoisotopic (exact) mass is 246 g/mol. The van der Waals surface area contributed by atoms with Gasteiger partial charge in [0.1, 0.15) is 0 Å². The summed E-state index contributed by atoms with van der Waals surface area (Å²) in [5.74, 6) is -2.43. The largest absolute Gasteiger partial charge is 2.00 e. The van der Waals surface area contributed by atoms with E-state index in [4.69, 9.17) is 10.2 Å². The topological polar surface area (TPSA) is 121 Å². The van der Waals surface area contributed by atoms with Gasteiger partial charge in [0, 0.05) is 24.8 Å². The second-order valence-corrected chi connectivity index (χ2v) is 2.85. The maximum absolute atomic E-state index is 9.54. The van der Waals surface area contributed by atoms with Gasteiger partial charge in [-0.25, -0.2) is 0 Å². The average Bonchev–Trinajstić information content (AvgIpc) is 1.79. The minimum atomic E-state index is -1.21. The summed E-state index contributed by atoms with van der Waals surface area (Å²) in [4.78, 5) is 19.1. The van der Waals surface area contributed by atoms with E-state index < -0.39 is 24.1 Å². The van der Waals surface area contributed by atoms with Gasteiger partial charge in [-0.2, -0.15) is 0 Å². The molecule has 6 nitrogen and oxygen atoms in total. The van der Waals surface area contributed by atoms with Crippen LogP contribution in [0, 0.1) is 0 Å². The van der Waals surface area contributed by atoms with E-state index in [-0.39, 0.29) is 50.6 Å². The second kappa shape index (κ2) is 12.2. The normalized spacial score (nSPS) is 12.5. The van der Waals surface area contributed by atoms with Crippen molar-refractivity contribution in [3.8, 4) is 0 Å². The fraction of sp³-hybridized carbons (Fsp3) is 0.750. The van der Waals surface area contributed by atoms with Crippen molar-refractivity contribution in [2.75, 3.05) is 0 Å². The Kier molecular flexibility index (Phi) is 16.7. The number of hydrogen-bond donors (Lipinski definition) is 2. The van der Waals surface area contributed by atoms with Crippen molar-refractivity contribution >= 4 is 49.7 Å². The molecule has 0 aliphatic heterocycles. The molecule has 0 bridgehead atoms. The molecule has 0 aromatic rings. The van der Waals surface area contributed by atoms with Crippen LogP contribution in [0.1, 0.15) is 26.7 Å². The Bertz CT molecular complexity index is 160. The average molecular weight is 246 g/mol. The van der Waals surface area contributed by atoms with Crippen molar-refractivity contribution < 1.29 is 30.0 Å². The second-order valence-electron chi connectivity index (χ2n) is 2.85. The van der Waals surface area contributed by atoms with Crippen LogP contribution in [-0.2, 0) is 9.59 Å². The number of hydrogen-bond acceptors (Lipinski definition) is 6. The van der Waals surface area contributed by atoms with Crippen molar-refractivity contribution in [2.24, 2.45) is 0 Å². The number of aliphatic hydroxyl groups excluding tert-OH is 2. The van der Waals surface area contributed by atoms with Crippen molar-refractivity contribution in [1.82, 2.24) is 0 Å². The summed E-state index contributed by atoms with van der Waals surface area (Å²) in [6.07, 6.45) is -2.13. The van der Waals surface area contributed by atoms with Crippen LogP contribution in [0.3, 0.4) is 0 Å². The summed E-state index contributed by atoms with van der Waals surface area (Å²) < 4.78 is 0. The standard InChI is InChI=1S/2C4H8O3.Ca/c2*1-3(5)2-4(6)7;/h2*3,5H,2H2,1H3,(H,6,7);/q;;+2/p-2. The maximum atomic E-state index is 9.54. The SMILES string of the molecule is CC(O)CC(=O)[O-].CC(O)CC(=O)[O-].[Ca+2]. The van der Waals surface area contributed by atoms with E-state index in [2.05, 4.69) is 0 Å². The number of rotatable bonds is 4. The Morgan fingerprint density at radius 2 is 1.20 bits per heavy atom. The molecule has 7 heteroatoms. The van der Waals surface area contributed by atoms with Crippen LogP contribution in [0.25, 0.3) is 0 Å². The van der Waals surface area contributed by atoms with Crippen molar-refractivity contribution in [2.45, 2.75) is 38.9 Å². The number of carboxylic acids is 2. The Labute approximate surface area is 118 Å². The van der Waals surface area contributed by atoms with Crippen LogP contribution in [0.5, 0.6) is 0 Å². The van der Waals surface area contributed by atoms with E-state index in [1.165, 1.54) is 13.8 Å². The van der Waals surface area contributed by atoms with E-state index in [0.717, 1.165) is 0 Å². The number of aliphatic carboxylic acids is 2. The Hall–Kier alpha value is 0.120. The van der Waals surface area contributed by atoms with Gasteiger partial charge in [-0.15, -0.1) is 0 Å². The third kappa shape index (κ3) is 31.5. The number of aliphatic hydroxyl groups is 2. The minimum absolute atomic E-state index is 0. The third-order valence-corrected chi connectivity index (χ3v) is 0.924. The molecule has 15 heavy (non-hydrogen) atoms. The Morgan fingerprint density at radius 1 is 1.00 bits per heavy atom. The fourth-order valence-corrected chi connectivity index (χ4v) is 0.482. The molecular formula is C8H14CaO6. The molecule has 2 N–H and O–H groups in total. The molecule has 0 rings (SSSR count). The number of carbonyl (C=O) groups excluding carboxylic acids is 2. The molecule has 2 unspecified atom stereocenters. The number of carbonyl (C=O) groups is 2. The molecule has 0 spiro atoms. The molecule has 0 saturated carbocycles. The van der Waals surface area contributed by atoms with Crippen LogP contribution in [-0.4, -0.2) is 72.1 Å². The zero-order valence-corrected chi connectivity index (χ0v) is 11.0. The van der Waals surface area contributed by atoms with Crippen LogP contribution >= 0.6 is 0 Å². The smallest absolute Gasteiger partial charge is 0.550 e. The molecule has 0 fully saturated rings. The molecule has 0 saturated heterocycles. The first-order chi connectivity index (χ1) is 6.25. The van der Waals surface area contributed by atoms with E-state index >= 15 is 0 Å². The van der Waals surface area contributed by atoms with Crippen LogP contribution in [0.15, 0.2) is 0 Å². The van der Waals surface area contributed by atoms with Gasteiger partial charge in [-0.05, 0) is 13.8 Å². The van der Waals surface area contributed by atoms with Crippen LogP contribution in [0.4, 0.5) is 0 Å². The predicted octanol–water partition coefficient (Wildman–Crippen LogP) is -3.37. The third-order valence-electron chi connectivity index (χ3n) is 0.924. The molecule has 0 aromatic carbocycles. The van der Waals surface area contributed by atoms with Gasteiger partial charge in [0.05, 0.1) is 12.2 Å². The molecule has 0 radical (unpaired) electrons. The van der Waals surface area contributed by atoms with E-state index in [9.17, 15) is 19.8 Å².